The minimum Gasteiger partial charge on any atom is -0.346 e. The largest absolute Gasteiger partial charge is 0.346 e. The average molecular weight is 422 g/mol. The van der Waals surface area contributed by atoms with Crippen molar-refractivity contribution in [3.8, 4) is 0 Å². The van der Waals surface area contributed by atoms with Crippen molar-refractivity contribution in [2.75, 3.05) is 5.33 Å². The van der Waals surface area contributed by atoms with Gasteiger partial charge in [-0.2, -0.15) is 0 Å². The molecule has 116 valence electrons. The molecule has 1 heterocycles. The SMILES string of the molecule is O=c1c(Br)cn(CC2(CBr)CCCCCC2)cc1[N+](=O)[O-]. The first kappa shape index (κ1) is 16.7. The molecule has 0 N–H and O–H groups in total. The van der Waals surface area contributed by atoms with Crippen LogP contribution in [-0.4, -0.2) is 14.8 Å². The Morgan fingerprint density at radius 3 is 2.38 bits per heavy atom. The summed E-state index contributed by atoms with van der Waals surface area (Å²) in [7, 11) is 0. The third-order valence-electron chi connectivity index (χ3n) is 4.18. The van der Waals surface area contributed by atoms with Crippen molar-refractivity contribution in [1.82, 2.24) is 4.57 Å². The van der Waals surface area contributed by atoms with Crippen molar-refractivity contribution in [3.05, 3.63) is 37.2 Å². The standard InChI is InChI=1S/C14H18Br2N2O3/c15-9-14(5-3-1-2-4-6-14)10-17-7-11(16)13(19)12(8-17)18(20)21/h7-8H,1-6,9-10H2. The lowest BCUT2D eigenvalue weighted by atomic mass is 9.82. The van der Waals surface area contributed by atoms with Gasteiger partial charge in [-0.15, -0.1) is 0 Å². The third-order valence-corrected chi connectivity index (χ3v) is 5.93. The van der Waals surface area contributed by atoms with E-state index in [4.69, 9.17) is 0 Å². The summed E-state index contributed by atoms with van der Waals surface area (Å²) < 4.78 is 2.03. The van der Waals surface area contributed by atoms with Gasteiger partial charge in [0.1, 0.15) is 0 Å². The number of alkyl halides is 1. The summed E-state index contributed by atoms with van der Waals surface area (Å²) >= 11 is 6.76. The van der Waals surface area contributed by atoms with E-state index >= 15 is 0 Å². The smallest absolute Gasteiger partial charge is 0.333 e. The first-order valence-electron chi connectivity index (χ1n) is 7.07. The Morgan fingerprint density at radius 1 is 1.24 bits per heavy atom. The van der Waals surface area contributed by atoms with Crippen LogP contribution >= 0.6 is 31.9 Å². The van der Waals surface area contributed by atoms with Gasteiger partial charge in [0.05, 0.1) is 15.6 Å². The van der Waals surface area contributed by atoms with Gasteiger partial charge < -0.3 is 4.57 Å². The second kappa shape index (κ2) is 7.05. The van der Waals surface area contributed by atoms with Gasteiger partial charge in [-0.3, -0.25) is 14.9 Å². The molecule has 1 aromatic rings. The van der Waals surface area contributed by atoms with Gasteiger partial charge in [-0.1, -0.05) is 41.6 Å². The van der Waals surface area contributed by atoms with Crippen molar-refractivity contribution in [1.29, 1.82) is 0 Å². The van der Waals surface area contributed by atoms with E-state index in [0.717, 1.165) is 18.2 Å². The summed E-state index contributed by atoms with van der Waals surface area (Å²) in [5, 5.41) is 11.9. The summed E-state index contributed by atoms with van der Waals surface area (Å²) in [5.74, 6) is 0. The van der Waals surface area contributed by atoms with Crippen LogP contribution in [0.1, 0.15) is 38.5 Å². The van der Waals surface area contributed by atoms with Crippen LogP contribution in [0.5, 0.6) is 0 Å². The van der Waals surface area contributed by atoms with Crippen LogP contribution in [0.4, 0.5) is 5.69 Å². The summed E-state index contributed by atoms with van der Waals surface area (Å²) in [6, 6.07) is 0. The van der Waals surface area contributed by atoms with E-state index in [-0.39, 0.29) is 15.6 Å². The van der Waals surface area contributed by atoms with Crippen molar-refractivity contribution < 1.29 is 4.92 Å². The highest BCUT2D eigenvalue weighted by Crippen LogP contribution is 2.38. The van der Waals surface area contributed by atoms with E-state index in [1.165, 1.54) is 31.9 Å². The molecule has 1 fully saturated rings. The molecule has 1 aliphatic carbocycles. The lowest BCUT2D eigenvalue weighted by Crippen LogP contribution is -2.29. The first-order valence-corrected chi connectivity index (χ1v) is 8.99. The maximum atomic E-state index is 11.7. The first-order chi connectivity index (χ1) is 9.97. The molecule has 7 heteroatoms. The fourth-order valence-electron chi connectivity index (χ4n) is 3.00. The van der Waals surface area contributed by atoms with Gasteiger partial charge in [0.15, 0.2) is 0 Å². The highest BCUT2D eigenvalue weighted by Gasteiger charge is 2.31. The predicted molar refractivity (Wildman–Crippen MR) is 89.0 cm³/mol. The van der Waals surface area contributed by atoms with Crippen LogP contribution in [0.3, 0.4) is 0 Å². The van der Waals surface area contributed by atoms with Gasteiger partial charge in [0.25, 0.3) is 5.43 Å². The number of aromatic nitrogens is 1. The molecule has 0 atom stereocenters. The van der Waals surface area contributed by atoms with Gasteiger partial charge in [0.2, 0.25) is 0 Å². The van der Waals surface area contributed by atoms with Crippen molar-refractivity contribution >= 4 is 37.5 Å². The molecular formula is C14H18Br2N2O3. The molecule has 5 nitrogen and oxygen atoms in total. The molecule has 0 radical (unpaired) electrons. The van der Waals surface area contributed by atoms with E-state index in [1.54, 1.807) is 10.8 Å². The number of nitro groups is 1. The van der Waals surface area contributed by atoms with Gasteiger partial charge in [-0.05, 0) is 34.2 Å². The molecule has 0 spiro atoms. The molecule has 0 bridgehead atoms. The predicted octanol–water partition coefficient (Wildman–Crippen LogP) is 4.25. The Balaban J connectivity index is 2.33. The number of nitrogens with zero attached hydrogens (tertiary/aromatic N) is 2. The second-order valence-electron chi connectivity index (χ2n) is 5.80. The summed E-state index contributed by atoms with van der Waals surface area (Å²) in [5.41, 5.74) is -0.827. The van der Waals surface area contributed by atoms with Crippen molar-refractivity contribution in [2.45, 2.75) is 45.1 Å². The zero-order chi connectivity index (χ0) is 15.5. The fourth-order valence-corrected chi connectivity index (χ4v) is 4.20. The van der Waals surface area contributed by atoms with Crippen LogP contribution in [0.25, 0.3) is 0 Å². The van der Waals surface area contributed by atoms with Gasteiger partial charge in [-0.25, -0.2) is 0 Å². The van der Waals surface area contributed by atoms with Crippen LogP contribution in [0.2, 0.25) is 0 Å². The summed E-state index contributed by atoms with van der Waals surface area (Å²) in [6.45, 7) is 0.692. The molecule has 1 aromatic heterocycles. The molecule has 0 amide bonds. The zero-order valence-electron chi connectivity index (χ0n) is 11.7. The maximum Gasteiger partial charge on any atom is 0.333 e. The quantitative estimate of drug-likeness (QED) is 0.316. The molecule has 0 aromatic carbocycles. The Bertz CT molecular complexity index is 578. The minimum absolute atomic E-state index is 0.110. The van der Waals surface area contributed by atoms with Gasteiger partial charge >= 0.3 is 5.69 Å². The number of rotatable bonds is 4. The normalized spacial score (nSPS) is 18.2. The van der Waals surface area contributed by atoms with E-state index < -0.39 is 10.4 Å². The third kappa shape index (κ3) is 3.94. The molecule has 0 unspecified atom stereocenters. The maximum absolute atomic E-state index is 11.7. The van der Waals surface area contributed by atoms with E-state index in [2.05, 4.69) is 31.9 Å². The Morgan fingerprint density at radius 2 is 1.86 bits per heavy atom. The Kier molecular flexibility index (Phi) is 5.60. The highest BCUT2D eigenvalue weighted by molar-refractivity contribution is 9.10. The van der Waals surface area contributed by atoms with E-state index in [9.17, 15) is 14.9 Å². The highest BCUT2D eigenvalue weighted by atomic mass is 79.9. The van der Waals surface area contributed by atoms with Gasteiger partial charge in [0, 0.05) is 18.1 Å². The topological polar surface area (TPSA) is 65.1 Å². The monoisotopic (exact) mass is 420 g/mol. The molecule has 1 aliphatic rings. The Labute approximate surface area is 140 Å². The molecule has 1 saturated carbocycles. The van der Waals surface area contributed by atoms with Crippen LogP contribution in [-0.2, 0) is 6.54 Å². The molecule has 21 heavy (non-hydrogen) atoms. The zero-order valence-corrected chi connectivity index (χ0v) is 14.9. The number of hydrogen-bond donors (Lipinski definition) is 0. The number of halogens is 2. The minimum atomic E-state index is -0.614. The summed E-state index contributed by atoms with van der Waals surface area (Å²) in [4.78, 5) is 22.1. The lowest BCUT2D eigenvalue weighted by molar-refractivity contribution is -0.386. The number of hydrogen-bond acceptors (Lipinski definition) is 3. The van der Waals surface area contributed by atoms with Crippen LogP contribution in [0.15, 0.2) is 21.7 Å². The van der Waals surface area contributed by atoms with Crippen LogP contribution in [0, 0.1) is 15.5 Å². The van der Waals surface area contributed by atoms with Crippen molar-refractivity contribution in [3.63, 3.8) is 0 Å². The molecule has 0 aliphatic heterocycles. The lowest BCUT2D eigenvalue weighted by Gasteiger charge is -2.31. The second-order valence-corrected chi connectivity index (χ2v) is 7.21. The summed E-state index contributed by atoms with van der Waals surface area (Å²) in [6.07, 6.45) is 10.1. The average Bonchev–Trinajstić information content (AvgIpc) is 2.68. The Hall–Kier alpha value is -0.690. The molecular weight excluding hydrogens is 404 g/mol. The fraction of sp³-hybridized carbons (Fsp3) is 0.643. The van der Waals surface area contributed by atoms with Crippen LogP contribution < -0.4 is 5.43 Å². The van der Waals surface area contributed by atoms with E-state index in [0.29, 0.717) is 6.54 Å². The van der Waals surface area contributed by atoms with E-state index in [1.807, 2.05) is 0 Å². The number of pyridine rings is 1. The molecule has 2 rings (SSSR count). The van der Waals surface area contributed by atoms with Crippen molar-refractivity contribution in [2.24, 2.45) is 5.41 Å². The molecule has 0 saturated heterocycles.